The number of nitrogen functional groups attached to an aromatic ring is 1. The summed E-state index contributed by atoms with van der Waals surface area (Å²) in [6, 6.07) is 8.05. The van der Waals surface area contributed by atoms with Gasteiger partial charge in [-0.1, -0.05) is 6.07 Å². The molecule has 0 saturated heterocycles. The number of fused-ring (bicyclic) bond motifs is 1. The van der Waals surface area contributed by atoms with Crippen LogP contribution in [0.15, 0.2) is 24.3 Å². The van der Waals surface area contributed by atoms with Crippen molar-refractivity contribution < 1.29 is 0 Å². The molecule has 0 fully saturated rings. The summed E-state index contributed by atoms with van der Waals surface area (Å²) >= 11 is 1.70. The fraction of sp³-hybridized carbons (Fsp3) is 0.167. The van der Waals surface area contributed by atoms with Gasteiger partial charge in [0.25, 0.3) is 0 Å². The summed E-state index contributed by atoms with van der Waals surface area (Å²) in [5.41, 5.74) is 8.81. The van der Waals surface area contributed by atoms with Crippen molar-refractivity contribution in [2.45, 2.75) is 6.92 Å². The Kier molecular flexibility index (Phi) is 2.16. The van der Waals surface area contributed by atoms with Crippen molar-refractivity contribution in [1.82, 2.24) is 14.8 Å². The van der Waals surface area contributed by atoms with Crippen LogP contribution in [-0.4, -0.2) is 14.8 Å². The van der Waals surface area contributed by atoms with Crippen molar-refractivity contribution in [2.24, 2.45) is 7.05 Å². The van der Waals surface area contributed by atoms with E-state index >= 15 is 0 Å². The standard InChI is InChI=1S/C12H12N4S/c1-7-14-9-4-3-8(5-11(9)17-7)10-6-12(13)16(2)15-10/h3-6H,13H2,1-2H3. The Bertz CT molecular complexity index is 676. The van der Waals surface area contributed by atoms with Gasteiger partial charge in [0.2, 0.25) is 0 Å². The molecule has 0 aliphatic carbocycles. The van der Waals surface area contributed by atoms with E-state index in [2.05, 4.69) is 16.1 Å². The Balaban J connectivity index is 2.16. The van der Waals surface area contributed by atoms with Crippen molar-refractivity contribution in [3.8, 4) is 11.3 Å². The second kappa shape index (κ2) is 3.56. The van der Waals surface area contributed by atoms with Crippen molar-refractivity contribution in [3.05, 3.63) is 29.3 Å². The van der Waals surface area contributed by atoms with Gasteiger partial charge >= 0.3 is 0 Å². The molecular formula is C12H12N4S. The largest absolute Gasteiger partial charge is 0.384 e. The maximum atomic E-state index is 5.79. The molecule has 0 unspecified atom stereocenters. The lowest BCUT2D eigenvalue weighted by Gasteiger charge is -1.95. The van der Waals surface area contributed by atoms with Gasteiger partial charge in [-0.3, -0.25) is 4.68 Å². The number of nitrogens with zero attached hydrogens (tertiary/aromatic N) is 3. The Hall–Kier alpha value is -1.88. The highest BCUT2D eigenvalue weighted by atomic mass is 32.1. The zero-order chi connectivity index (χ0) is 12.0. The number of aromatic nitrogens is 3. The normalized spacial score (nSPS) is 11.2. The van der Waals surface area contributed by atoms with E-state index in [0.29, 0.717) is 5.82 Å². The molecule has 0 spiro atoms. The monoisotopic (exact) mass is 244 g/mol. The van der Waals surface area contributed by atoms with Crippen molar-refractivity contribution in [1.29, 1.82) is 0 Å². The molecule has 4 nitrogen and oxygen atoms in total. The predicted octanol–water partition coefficient (Wildman–Crippen LogP) is 2.59. The van der Waals surface area contributed by atoms with Gasteiger partial charge in [-0.15, -0.1) is 11.3 Å². The SMILES string of the molecule is Cc1nc2ccc(-c3cc(N)n(C)n3)cc2s1. The highest BCUT2D eigenvalue weighted by Crippen LogP contribution is 2.27. The summed E-state index contributed by atoms with van der Waals surface area (Å²) in [7, 11) is 1.84. The second-order valence-electron chi connectivity index (χ2n) is 3.99. The average Bonchev–Trinajstić information content (AvgIpc) is 2.80. The Morgan fingerprint density at radius 3 is 2.82 bits per heavy atom. The average molecular weight is 244 g/mol. The van der Waals surface area contributed by atoms with Gasteiger partial charge in [-0.2, -0.15) is 5.10 Å². The van der Waals surface area contributed by atoms with E-state index in [9.17, 15) is 0 Å². The smallest absolute Gasteiger partial charge is 0.121 e. The van der Waals surface area contributed by atoms with Crippen molar-refractivity contribution in [2.75, 3.05) is 5.73 Å². The maximum Gasteiger partial charge on any atom is 0.121 e. The zero-order valence-corrected chi connectivity index (χ0v) is 10.5. The highest BCUT2D eigenvalue weighted by Gasteiger charge is 2.07. The van der Waals surface area contributed by atoms with Gasteiger partial charge < -0.3 is 5.73 Å². The topological polar surface area (TPSA) is 56.7 Å². The second-order valence-corrected chi connectivity index (χ2v) is 5.23. The van der Waals surface area contributed by atoms with E-state index < -0.39 is 0 Å². The molecule has 86 valence electrons. The predicted molar refractivity (Wildman–Crippen MR) is 71.0 cm³/mol. The van der Waals surface area contributed by atoms with Gasteiger partial charge in [0, 0.05) is 18.7 Å². The number of aryl methyl sites for hydroxylation is 2. The van der Waals surface area contributed by atoms with Crippen LogP contribution < -0.4 is 5.73 Å². The third-order valence-corrected chi connectivity index (χ3v) is 3.64. The highest BCUT2D eigenvalue weighted by molar-refractivity contribution is 7.18. The van der Waals surface area contributed by atoms with Crippen LogP contribution in [0.3, 0.4) is 0 Å². The third-order valence-electron chi connectivity index (χ3n) is 2.71. The fourth-order valence-corrected chi connectivity index (χ4v) is 2.69. The van der Waals surface area contributed by atoms with Crippen LogP contribution in [-0.2, 0) is 7.05 Å². The summed E-state index contributed by atoms with van der Waals surface area (Å²) in [4.78, 5) is 4.44. The minimum absolute atomic E-state index is 0.667. The number of rotatable bonds is 1. The number of benzene rings is 1. The molecule has 0 aliphatic rings. The van der Waals surface area contributed by atoms with E-state index in [1.54, 1.807) is 16.0 Å². The lowest BCUT2D eigenvalue weighted by molar-refractivity contribution is 0.782. The van der Waals surface area contributed by atoms with E-state index in [1.807, 2.05) is 32.2 Å². The number of hydrogen-bond donors (Lipinski definition) is 1. The van der Waals surface area contributed by atoms with Crippen LogP contribution in [0.25, 0.3) is 21.5 Å². The first-order valence-electron chi connectivity index (χ1n) is 5.30. The first kappa shape index (κ1) is 10.3. The van der Waals surface area contributed by atoms with E-state index in [1.165, 1.54) is 4.70 Å². The summed E-state index contributed by atoms with van der Waals surface area (Å²) in [5, 5.41) is 5.45. The number of anilines is 1. The molecule has 2 N–H and O–H groups in total. The molecule has 0 atom stereocenters. The van der Waals surface area contributed by atoms with E-state index in [4.69, 9.17) is 5.73 Å². The molecule has 3 rings (SSSR count). The van der Waals surface area contributed by atoms with Gasteiger partial charge in [-0.05, 0) is 19.1 Å². The lowest BCUT2D eigenvalue weighted by atomic mass is 10.1. The van der Waals surface area contributed by atoms with E-state index in [-0.39, 0.29) is 0 Å². The van der Waals surface area contributed by atoms with Crippen LogP contribution in [0.1, 0.15) is 5.01 Å². The molecule has 2 aromatic heterocycles. The summed E-state index contributed by atoms with van der Waals surface area (Å²) < 4.78 is 2.86. The molecule has 0 aliphatic heterocycles. The van der Waals surface area contributed by atoms with Gasteiger partial charge in [-0.25, -0.2) is 4.98 Å². The van der Waals surface area contributed by atoms with Gasteiger partial charge in [0.1, 0.15) is 5.82 Å². The molecule has 0 radical (unpaired) electrons. The maximum absolute atomic E-state index is 5.79. The molecule has 0 bridgehead atoms. The van der Waals surface area contributed by atoms with Gasteiger partial charge in [0.15, 0.2) is 0 Å². The number of nitrogens with two attached hydrogens (primary N) is 1. The quantitative estimate of drug-likeness (QED) is 0.715. The van der Waals surface area contributed by atoms with Crippen LogP contribution >= 0.6 is 11.3 Å². The summed E-state index contributed by atoms with van der Waals surface area (Å²) in [6.45, 7) is 2.02. The third kappa shape index (κ3) is 1.68. The number of thiazole rings is 1. The molecule has 3 aromatic rings. The number of hydrogen-bond acceptors (Lipinski definition) is 4. The van der Waals surface area contributed by atoms with Crippen molar-refractivity contribution >= 4 is 27.4 Å². The summed E-state index contributed by atoms with van der Waals surface area (Å²) in [5.74, 6) is 0.667. The first-order chi connectivity index (χ1) is 8.13. The molecular weight excluding hydrogens is 232 g/mol. The Morgan fingerprint density at radius 2 is 2.12 bits per heavy atom. The molecule has 17 heavy (non-hydrogen) atoms. The van der Waals surface area contributed by atoms with Crippen LogP contribution in [0.4, 0.5) is 5.82 Å². The van der Waals surface area contributed by atoms with Crippen LogP contribution in [0.2, 0.25) is 0 Å². The zero-order valence-electron chi connectivity index (χ0n) is 9.64. The molecule has 1 aromatic carbocycles. The molecule has 2 heterocycles. The minimum Gasteiger partial charge on any atom is -0.384 e. The summed E-state index contributed by atoms with van der Waals surface area (Å²) in [6.07, 6.45) is 0. The first-order valence-corrected chi connectivity index (χ1v) is 6.12. The Labute approximate surface area is 103 Å². The van der Waals surface area contributed by atoms with Crippen LogP contribution in [0.5, 0.6) is 0 Å². The van der Waals surface area contributed by atoms with Crippen molar-refractivity contribution in [3.63, 3.8) is 0 Å². The lowest BCUT2D eigenvalue weighted by Crippen LogP contribution is -1.96. The van der Waals surface area contributed by atoms with Crippen LogP contribution in [0, 0.1) is 6.92 Å². The molecule has 0 amide bonds. The fourth-order valence-electron chi connectivity index (χ4n) is 1.82. The molecule has 0 saturated carbocycles. The Morgan fingerprint density at radius 1 is 1.29 bits per heavy atom. The molecule has 5 heteroatoms. The minimum atomic E-state index is 0.667. The van der Waals surface area contributed by atoms with Gasteiger partial charge in [0.05, 0.1) is 20.9 Å². The van der Waals surface area contributed by atoms with E-state index in [0.717, 1.165) is 21.8 Å².